The molecule has 3 unspecified atom stereocenters. The molecule has 1 aliphatic carbocycles. The molecule has 3 atom stereocenters. The van der Waals surface area contributed by atoms with Crippen LogP contribution in [0.2, 0.25) is 0 Å². The molecule has 0 aromatic heterocycles. The first kappa shape index (κ1) is 12.8. The van der Waals surface area contributed by atoms with Crippen molar-refractivity contribution in [3.63, 3.8) is 0 Å². The molecule has 2 rings (SSSR count). The quantitative estimate of drug-likeness (QED) is 0.720. The zero-order valence-corrected chi connectivity index (χ0v) is 10.7. The fraction of sp³-hybridized carbons (Fsp3) is 0.923. The fourth-order valence-corrected chi connectivity index (χ4v) is 3.10. The summed E-state index contributed by atoms with van der Waals surface area (Å²) in [5, 5.41) is 13.3. The third kappa shape index (κ3) is 2.80. The Balaban J connectivity index is 1.99. The molecule has 2 fully saturated rings. The standard InChI is InChI=1S/C13H24N2O2/c1-2-14-10-8-9-15(13(10)17)11-6-4-3-5-7-12(11)16/h10-12,14,16H,2-9H2,1H3. The van der Waals surface area contributed by atoms with E-state index in [1.54, 1.807) is 0 Å². The van der Waals surface area contributed by atoms with Crippen LogP contribution in [-0.4, -0.2) is 47.2 Å². The van der Waals surface area contributed by atoms with Crippen LogP contribution >= 0.6 is 0 Å². The topological polar surface area (TPSA) is 52.6 Å². The first-order valence-electron chi connectivity index (χ1n) is 6.96. The number of carbonyl (C=O) groups excluding carboxylic acids is 1. The van der Waals surface area contributed by atoms with Crippen LogP contribution in [0.5, 0.6) is 0 Å². The van der Waals surface area contributed by atoms with E-state index in [0.29, 0.717) is 0 Å². The Bertz CT molecular complexity index is 270. The maximum Gasteiger partial charge on any atom is 0.240 e. The molecular weight excluding hydrogens is 216 g/mol. The summed E-state index contributed by atoms with van der Waals surface area (Å²) in [5.41, 5.74) is 0. The number of nitrogens with zero attached hydrogens (tertiary/aromatic N) is 1. The van der Waals surface area contributed by atoms with E-state index in [-0.39, 0.29) is 24.1 Å². The van der Waals surface area contributed by atoms with Gasteiger partial charge in [-0.05, 0) is 25.8 Å². The molecular formula is C13H24N2O2. The minimum atomic E-state index is -0.318. The second-order valence-electron chi connectivity index (χ2n) is 5.20. The summed E-state index contributed by atoms with van der Waals surface area (Å²) in [5.74, 6) is 0.192. The highest BCUT2D eigenvalue weighted by molar-refractivity contribution is 5.84. The molecule has 0 spiro atoms. The van der Waals surface area contributed by atoms with Gasteiger partial charge in [0.15, 0.2) is 0 Å². The third-order valence-electron chi connectivity index (χ3n) is 4.03. The number of aliphatic hydroxyl groups is 1. The Labute approximate surface area is 103 Å². The van der Waals surface area contributed by atoms with Crippen LogP contribution in [0.3, 0.4) is 0 Å². The molecule has 1 saturated carbocycles. The monoisotopic (exact) mass is 240 g/mol. The van der Waals surface area contributed by atoms with Gasteiger partial charge in [0, 0.05) is 6.54 Å². The Kier molecular flexibility index (Phi) is 4.40. The number of likely N-dealkylation sites (N-methyl/N-ethyl adjacent to an activating group) is 1. The van der Waals surface area contributed by atoms with Crippen LogP contribution < -0.4 is 5.32 Å². The highest BCUT2D eigenvalue weighted by atomic mass is 16.3. The summed E-state index contributed by atoms with van der Waals surface area (Å²) in [6.07, 6.45) is 5.80. The van der Waals surface area contributed by atoms with Gasteiger partial charge in [0.05, 0.1) is 18.2 Å². The fourth-order valence-electron chi connectivity index (χ4n) is 3.10. The zero-order valence-electron chi connectivity index (χ0n) is 10.7. The Morgan fingerprint density at radius 3 is 2.82 bits per heavy atom. The maximum absolute atomic E-state index is 12.2. The van der Waals surface area contributed by atoms with Crippen molar-refractivity contribution >= 4 is 5.91 Å². The molecule has 2 N–H and O–H groups in total. The molecule has 2 aliphatic rings. The lowest BCUT2D eigenvalue weighted by Crippen LogP contribution is -2.47. The summed E-state index contributed by atoms with van der Waals surface area (Å²) >= 11 is 0. The Morgan fingerprint density at radius 2 is 2.06 bits per heavy atom. The molecule has 4 heteroatoms. The second kappa shape index (κ2) is 5.83. The van der Waals surface area contributed by atoms with E-state index in [9.17, 15) is 9.90 Å². The van der Waals surface area contributed by atoms with Gasteiger partial charge in [0.2, 0.25) is 5.91 Å². The number of aliphatic hydroxyl groups excluding tert-OH is 1. The lowest BCUT2D eigenvalue weighted by Gasteiger charge is -2.30. The van der Waals surface area contributed by atoms with Crippen LogP contribution in [0.4, 0.5) is 0 Å². The Morgan fingerprint density at radius 1 is 1.29 bits per heavy atom. The smallest absolute Gasteiger partial charge is 0.240 e. The van der Waals surface area contributed by atoms with E-state index in [1.165, 1.54) is 6.42 Å². The van der Waals surface area contributed by atoms with E-state index >= 15 is 0 Å². The molecule has 1 heterocycles. The number of carbonyl (C=O) groups is 1. The maximum atomic E-state index is 12.2. The Hall–Kier alpha value is -0.610. The highest BCUT2D eigenvalue weighted by Gasteiger charge is 2.38. The van der Waals surface area contributed by atoms with E-state index in [4.69, 9.17) is 0 Å². The SMILES string of the molecule is CCNC1CCN(C2CCCCCC2O)C1=O. The average Bonchev–Trinajstić information content (AvgIpc) is 2.54. The first-order valence-corrected chi connectivity index (χ1v) is 6.96. The minimum Gasteiger partial charge on any atom is -0.391 e. The summed E-state index contributed by atoms with van der Waals surface area (Å²) in [7, 11) is 0. The van der Waals surface area contributed by atoms with Crippen LogP contribution in [-0.2, 0) is 4.79 Å². The largest absolute Gasteiger partial charge is 0.391 e. The third-order valence-corrected chi connectivity index (χ3v) is 4.03. The number of rotatable bonds is 3. The zero-order chi connectivity index (χ0) is 12.3. The van der Waals surface area contributed by atoms with Gasteiger partial charge >= 0.3 is 0 Å². The number of hydrogen-bond acceptors (Lipinski definition) is 3. The number of hydrogen-bond donors (Lipinski definition) is 2. The summed E-state index contributed by atoms with van der Waals surface area (Å²) in [6.45, 7) is 3.66. The lowest BCUT2D eigenvalue weighted by molar-refractivity contribution is -0.133. The van der Waals surface area contributed by atoms with Gasteiger partial charge in [-0.1, -0.05) is 26.2 Å². The molecule has 0 bridgehead atoms. The van der Waals surface area contributed by atoms with Gasteiger partial charge in [-0.3, -0.25) is 4.79 Å². The molecule has 0 radical (unpaired) electrons. The molecule has 98 valence electrons. The predicted molar refractivity (Wildman–Crippen MR) is 66.7 cm³/mol. The first-order chi connectivity index (χ1) is 8.24. The van der Waals surface area contributed by atoms with Gasteiger partial charge in [-0.25, -0.2) is 0 Å². The minimum absolute atomic E-state index is 0.0181. The van der Waals surface area contributed by atoms with E-state index in [2.05, 4.69) is 5.32 Å². The molecule has 1 aliphatic heterocycles. The van der Waals surface area contributed by atoms with Crippen molar-refractivity contribution < 1.29 is 9.90 Å². The van der Waals surface area contributed by atoms with Crippen molar-refractivity contribution in [3.05, 3.63) is 0 Å². The molecule has 17 heavy (non-hydrogen) atoms. The lowest BCUT2D eigenvalue weighted by atomic mass is 10.0. The molecule has 1 amide bonds. The normalized spacial score (nSPS) is 35.1. The number of nitrogens with one attached hydrogen (secondary N) is 1. The predicted octanol–water partition coefficient (Wildman–Crippen LogP) is 0.890. The van der Waals surface area contributed by atoms with E-state index in [1.807, 2.05) is 11.8 Å². The van der Waals surface area contributed by atoms with Crippen molar-refractivity contribution in [3.8, 4) is 0 Å². The van der Waals surface area contributed by atoms with Gasteiger partial charge in [0.25, 0.3) is 0 Å². The molecule has 0 aromatic carbocycles. The van der Waals surface area contributed by atoms with Crippen LogP contribution in [0, 0.1) is 0 Å². The number of amides is 1. The van der Waals surface area contributed by atoms with Crippen molar-refractivity contribution in [2.24, 2.45) is 0 Å². The molecule has 0 aromatic rings. The van der Waals surface area contributed by atoms with Crippen molar-refractivity contribution in [2.75, 3.05) is 13.1 Å². The van der Waals surface area contributed by atoms with Crippen molar-refractivity contribution in [1.82, 2.24) is 10.2 Å². The number of likely N-dealkylation sites (tertiary alicyclic amines) is 1. The summed E-state index contributed by atoms with van der Waals surface area (Å²) in [4.78, 5) is 14.1. The van der Waals surface area contributed by atoms with Crippen molar-refractivity contribution in [1.29, 1.82) is 0 Å². The second-order valence-corrected chi connectivity index (χ2v) is 5.20. The van der Waals surface area contributed by atoms with Gasteiger partial charge in [-0.2, -0.15) is 0 Å². The van der Waals surface area contributed by atoms with Gasteiger partial charge in [-0.15, -0.1) is 0 Å². The van der Waals surface area contributed by atoms with Crippen LogP contribution in [0.25, 0.3) is 0 Å². The highest BCUT2D eigenvalue weighted by Crippen LogP contribution is 2.26. The van der Waals surface area contributed by atoms with Crippen LogP contribution in [0.15, 0.2) is 0 Å². The van der Waals surface area contributed by atoms with Crippen LogP contribution in [0.1, 0.15) is 45.4 Å². The van der Waals surface area contributed by atoms with Crippen molar-refractivity contribution in [2.45, 2.75) is 63.6 Å². The van der Waals surface area contributed by atoms with Gasteiger partial charge in [0.1, 0.15) is 0 Å². The molecule has 1 saturated heterocycles. The van der Waals surface area contributed by atoms with E-state index in [0.717, 1.165) is 45.2 Å². The average molecular weight is 240 g/mol. The molecule has 4 nitrogen and oxygen atoms in total. The summed E-state index contributed by atoms with van der Waals surface area (Å²) < 4.78 is 0. The van der Waals surface area contributed by atoms with E-state index < -0.39 is 0 Å². The summed E-state index contributed by atoms with van der Waals surface area (Å²) in [6, 6.07) is 0.0455. The van der Waals surface area contributed by atoms with Gasteiger partial charge < -0.3 is 15.3 Å².